The molecule has 1 aromatic carbocycles. The summed E-state index contributed by atoms with van der Waals surface area (Å²) in [5.74, 6) is -0.865. The van der Waals surface area contributed by atoms with Gasteiger partial charge in [-0.2, -0.15) is 5.10 Å². The number of carboxylic acids is 1. The number of hydrogen-bond acceptors (Lipinski definition) is 3. The molecule has 1 fully saturated rings. The van der Waals surface area contributed by atoms with Crippen molar-refractivity contribution < 1.29 is 23.5 Å². The number of benzene rings is 1. The van der Waals surface area contributed by atoms with E-state index in [4.69, 9.17) is 5.11 Å². The summed E-state index contributed by atoms with van der Waals surface area (Å²) in [5, 5.41) is 12.5. The maximum Gasteiger partial charge on any atom is 0.307 e. The minimum atomic E-state index is -2.70. The number of aliphatic carboxylic acids is 1. The molecule has 3 rings (SSSR count). The summed E-state index contributed by atoms with van der Waals surface area (Å²) in [4.78, 5) is 25.0. The van der Waals surface area contributed by atoms with Gasteiger partial charge in [0, 0.05) is 20.1 Å². The van der Waals surface area contributed by atoms with Crippen LogP contribution < -0.4 is 0 Å². The van der Waals surface area contributed by atoms with Gasteiger partial charge in [0.05, 0.1) is 6.42 Å². The first-order valence-corrected chi connectivity index (χ1v) is 8.74. The summed E-state index contributed by atoms with van der Waals surface area (Å²) >= 11 is 0. The zero-order chi connectivity index (χ0) is 19.6. The lowest BCUT2D eigenvalue weighted by Crippen LogP contribution is -2.30. The molecule has 1 N–H and O–H groups in total. The first-order valence-electron chi connectivity index (χ1n) is 8.74. The van der Waals surface area contributed by atoms with Crippen LogP contribution in [0.15, 0.2) is 30.3 Å². The van der Waals surface area contributed by atoms with Crippen molar-refractivity contribution in [2.75, 3.05) is 13.1 Å². The van der Waals surface area contributed by atoms with Crippen LogP contribution >= 0.6 is 0 Å². The molecule has 0 bridgehead atoms. The third kappa shape index (κ3) is 4.50. The fourth-order valence-corrected chi connectivity index (χ4v) is 3.44. The lowest BCUT2D eigenvalue weighted by atomic mass is 9.97. The molecule has 1 unspecified atom stereocenters. The molecule has 1 aliphatic rings. The van der Waals surface area contributed by atoms with Crippen molar-refractivity contribution in [3.8, 4) is 0 Å². The van der Waals surface area contributed by atoms with Crippen LogP contribution in [0.1, 0.15) is 40.2 Å². The number of nitrogens with zero attached hydrogens (tertiary/aromatic N) is 3. The molecule has 27 heavy (non-hydrogen) atoms. The fourth-order valence-electron chi connectivity index (χ4n) is 3.44. The number of carbonyl (C=O) groups is 2. The van der Waals surface area contributed by atoms with Gasteiger partial charge >= 0.3 is 5.97 Å². The highest BCUT2D eigenvalue weighted by Crippen LogP contribution is 2.24. The molecule has 1 aromatic heterocycles. The summed E-state index contributed by atoms with van der Waals surface area (Å²) < 4.78 is 26.7. The van der Waals surface area contributed by atoms with Gasteiger partial charge in [-0.05, 0) is 36.0 Å². The number of carboxylic acid groups (broad SMARTS) is 1. The molecule has 1 atom stereocenters. The van der Waals surface area contributed by atoms with E-state index in [1.165, 1.54) is 11.7 Å². The van der Waals surface area contributed by atoms with Crippen LogP contribution in [0, 0.1) is 5.92 Å². The molecular weight excluding hydrogens is 356 g/mol. The van der Waals surface area contributed by atoms with Gasteiger partial charge in [0.25, 0.3) is 12.3 Å². The second-order valence-corrected chi connectivity index (χ2v) is 6.88. The van der Waals surface area contributed by atoms with Gasteiger partial charge in [-0.15, -0.1) is 0 Å². The number of carbonyl (C=O) groups excluding carboxylic acids is 1. The summed E-state index contributed by atoms with van der Waals surface area (Å²) in [6.07, 6.45) is -1.09. The number of hydrogen-bond donors (Lipinski definition) is 1. The Morgan fingerprint density at radius 3 is 2.52 bits per heavy atom. The van der Waals surface area contributed by atoms with Crippen molar-refractivity contribution in [2.24, 2.45) is 13.0 Å². The molecule has 2 heterocycles. The molecule has 6 nitrogen and oxygen atoms in total. The molecule has 0 saturated carbocycles. The summed E-state index contributed by atoms with van der Waals surface area (Å²) in [5.41, 5.74) is 1.62. The minimum absolute atomic E-state index is 0.00268. The van der Waals surface area contributed by atoms with E-state index in [9.17, 15) is 18.4 Å². The van der Waals surface area contributed by atoms with Crippen LogP contribution in [0.2, 0.25) is 0 Å². The highest BCUT2D eigenvalue weighted by atomic mass is 19.3. The van der Waals surface area contributed by atoms with Gasteiger partial charge < -0.3 is 10.0 Å². The van der Waals surface area contributed by atoms with Crippen LogP contribution in [0.3, 0.4) is 0 Å². The second-order valence-electron chi connectivity index (χ2n) is 6.88. The Morgan fingerprint density at radius 2 is 1.93 bits per heavy atom. The monoisotopic (exact) mass is 377 g/mol. The van der Waals surface area contributed by atoms with Gasteiger partial charge in [-0.3, -0.25) is 14.3 Å². The zero-order valence-corrected chi connectivity index (χ0v) is 14.9. The first-order chi connectivity index (χ1) is 12.8. The lowest BCUT2D eigenvalue weighted by molar-refractivity contribution is -0.136. The zero-order valence-electron chi connectivity index (χ0n) is 14.9. The number of amides is 1. The van der Waals surface area contributed by atoms with Crippen LogP contribution in [0.4, 0.5) is 8.78 Å². The summed E-state index contributed by atoms with van der Waals surface area (Å²) in [6.45, 7) is 1.14. The largest absolute Gasteiger partial charge is 0.481 e. The van der Waals surface area contributed by atoms with Crippen LogP contribution in [-0.4, -0.2) is 44.8 Å². The van der Waals surface area contributed by atoms with Gasteiger partial charge in [-0.1, -0.05) is 24.3 Å². The second kappa shape index (κ2) is 7.85. The Balaban J connectivity index is 1.60. The molecule has 1 saturated heterocycles. The van der Waals surface area contributed by atoms with E-state index in [0.717, 1.165) is 30.0 Å². The average molecular weight is 377 g/mol. The van der Waals surface area contributed by atoms with Crippen molar-refractivity contribution in [1.82, 2.24) is 14.7 Å². The van der Waals surface area contributed by atoms with E-state index < -0.39 is 18.1 Å². The molecule has 144 valence electrons. The molecule has 1 amide bonds. The Labute approximate surface area is 155 Å². The highest BCUT2D eigenvalue weighted by molar-refractivity contribution is 5.92. The molecule has 0 spiro atoms. The van der Waals surface area contributed by atoms with E-state index in [0.29, 0.717) is 13.1 Å². The molecule has 0 radical (unpaired) electrons. The van der Waals surface area contributed by atoms with Crippen LogP contribution in [0.5, 0.6) is 0 Å². The standard InChI is InChI=1S/C19H21F2N3O3/c1-23-16(10-15(22-23)18(20)21)19(27)24-7-6-14(11-24)8-12-2-4-13(5-3-12)9-17(25)26/h2-5,10,14,18H,6-9,11H2,1H3,(H,25,26). The predicted molar refractivity (Wildman–Crippen MR) is 93.7 cm³/mol. The number of alkyl halides is 2. The number of rotatable bonds is 6. The van der Waals surface area contributed by atoms with Crippen molar-refractivity contribution in [3.63, 3.8) is 0 Å². The van der Waals surface area contributed by atoms with E-state index in [2.05, 4.69) is 5.10 Å². The molecular formula is C19H21F2N3O3. The maximum atomic E-state index is 12.8. The Morgan fingerprint density at radius 1 is 1.26 bits per heavy atom. The SMILES string of the molecule is Cn1nc(C(F)F)cc1C(=O)N1CCC(Cc2ccc(CC(=O)O)cc2)C1. The van der Waals surface area contributed by atoms with E-state index in [1.807, 2.05) is 24.3 Å². The fraction of sp³-hybridized carbons (Fsp3) is 0.421. The summed E-state index contributed by atoms with van der Waals surface area (Å²) in [6, 6.07) is 8.60. The van der Waals surface area contributed by atoms with Crippen LogP contribution in [-0.2, 0) is 24.7 Å². The molecule has 8 heteroatoms. The smallest absolute Gasteiger partial charge is 0.307 e. The molecule has 1 aliphatic heterocycles. The van der Waals surface area contributed by atoms with Gasteiger partial charge in [0.1, 0.15) is 11.4 Å². The van der Waals surface area contributed by atoms with E-state index in [-0.39, 0.29) is 23.9 Å². The number of likely N-dealkylation sites (tertiary alicyclic amines) is 1. The lowest BCUT2D eigenvalue weighted by Gasteiger charge is -2.16. The Bertz CT molecular complexity index is 833. The van der Waals surface area contributed by atoms with Crippen LogP contribution in [0.25, 0.3) is 0 Å². The van der Waals surface area contributed by atoms with Gasteiger partial charge in [-0.25, -0.2) is 8.78 Å². The van der Waals surface area contributed by atoms with E-state index >= 15 is 0 Å². The first kappa shape index (κ1) is 19.0. The van der Waals surface area contributed by atoms with Gasteiger partial charge in [0.2, 0.25) is 0 Å². The number of halogens is 2. The van der Waals surface area contributed by atoms with E-state index in [1.54, 1.807) is 4.90 Å². The third-order valence-electron chi connectivity index (χ3n) is 4.82. The Hall–Kier alpha value is -2.77. The normalized spacial score (nSPS) is 16.9. The average Bonchev–Trinajstić information content (AvgIpc) is 3.22. The quantitative estimate of drug-likeness (QED) is 0.840. The minimum Gasteiger partial charge on any atom is -0.481 e. The summed E-state index contributed by atoms with van der Waals surface area (Å²) in [7, 11) is 1.49. The van der Waals surface area contributed by atoms with Crippen molar-refractivity contribution in [2.45, 2.75) is 25.7 Å². The van der Waals surface area contributed by atoms with Crippen molar-refractivity contribution >= 4 is 11.9 Å². The number of aryl methyl sites for hydroxylation is 1. The van der Waals surface area contributed by atoms with Crippen molar-refractivity contribution in [3.05, 3.63) is 52.8 Å². The number of aromatic nitrogens is 2. The Kier molecular flexibility index (Phi) is 5.53. The molecule has 0 aliphatic carbocycles. The highest BCUT2D eigenvalue weighted by Gasteiger charge is 2.29. The maximum absolute atomic E-state index is 12.8. The third-order valence-corrected chi connectivity index (χ3v) is 4.82. The van der Waals surface area contributed by atoms with Crippen molar-refractivity contribution in [1.29, 1.82) is 0 Å². The predicted octanol–water partition coefficient (Wildman–Crippen LogP) is 2.69. The molecule has 2 aromatic rings. The topological polar surface area (TPSA) is 75.4 Å². The van der Waals surface area contributed by atoms with Gasteiger partial charge in [0.15, 0.2) is 0 Å².